The highest BCUT2D eigenvalue weighted by atomic mass is 35.5. The average molecular weight is 327 g/mol. The van der Waals surface area contributed by atoms with Crippen LogP contribution >= 0.6 is 24.0 Å². The van der Waals surface area contributed by atoms with Crippen molar-refractivity contribution >= 4 is 39.8 Å². The van der Waals surface area contributed by atoms with Crippen LogP contribution in [0.2, 0.25) is 5.02 Å². The van der Waals surface area contributed by atoms with Crippen molar-refractivity contribution in [3.05, 3.63) is 17.3 Å². The molecular formula is C10H16Cl2N4O2S. The molecule has 1 unspecified atom stereocenters. The van der Waals surface area contributed by atoms with Crippen molar-refractivity contribution in [2.75, 3.05) is 25.9 Å². The average Bonchev–Trinajstić information content (AvgIpc) is 2.84. The van der Waals surface area contributed by atoms with Crippen molar-refractivity contribution in [3.63, 3.8) is 0 Å². The summed E-state index contributed by atoms with van der Waals surface area (Å²) in [7, 11) is -2.11. The predicted octanol–water partition coefficient (Wildman–Crippen LogP) is 0.721. The third-order valence-electron chi connectivity index (χ3n) is 3.05. The molecule has 0 aliphatic carbocycles. The Kier molecular flexibility index (Phi) is 5.40. The Bertz CT molecular complexity index is 546. The van der Waals surface area contributed by atoms with Crippen LogP contribution < -0.4 is 11.1 Å². The van der Waals surface area contributed by atoms with Crippen LogP contribution in [0.25, 0.3) is 0 Å². The lowest BCUT2D eigenvalue weighted by Gasteiger charge is -2.23. The molecule has 2 rings (SSSR count). The molecule has 0 bridgehead atoms. The van der Waals surface area contributed by atoms with E-state index < -0.39 is 10.0 Å². The van der Waals surface area contributed by atoms with E-state index in [-0.39, 0.29) is 34.2 Å². The first kappa shape index (κ1) is 16.5. The van der Waals surface area contributed by atoms with Crippen LogP contribution in [0.3, 0.4) is 0 Å². The number of hydrogen-bond acceptors (Lipinski definition) is 5. The summed E-state index contributed by atoms with van der Waals surface area (Å²) in [5.41, 5.74) is 5.62. The van der Waals surface area contributed by atoms with Crippen LogP contribution in [-0.4, -0.2) is 43.9 Å². The Balaban J connectivity index is 0.00000180. The molecular weight excluding hydrogens is 311 g/mol. The number of sulfonamides is 1. The van der Waals surface area contributed by atoms with Gasteiger partial charge in [-0.05, 0) is 19.0 Å². The summed E-state index contributed by atoms with van der Waals surface area (Å²) in [4.78, 5) is 3.74. The predicted molar refractivity (Wildman–Crippen MR) is 77.1 cm³/mol. The van der Waals surface area contributed by atoms with Crippen LogP contribution in [0.5, 0.6) is 0 Å². The first-order valence-electron chi connectivity index (χ1n) is 5.52. The zero-order valence-corrected chi connectivity index (χ0v) is 12.7. The molecule has 1 saturated heterocycles. The number of aromatic nitrogens is 1. The minimum atomic E-state index is -3.65. The highest BCUT2D eigenvalue weighted by Crippen LogP contribution is 2.25. The van der Waals surface area contributed by atoms with Gasteiger partial charge in [-0.25, -0.2) is 13.4 Å². The van der Waals surface area contributed by atoms with E-state index >= 15 is 0 Å². The van der Waals surface area contributed by atoms with Gasteiger partial charge in [0.2, 0.25) is 10.0 Å². The minimum absolute atomic E-state index is 0. The van der Waals surface area contributed by atoms with Gasteiger partial charge in [0.15, 0.2) is 0 Å². The number of anilines is 1. The van der Waals surface area contributed by atoms with Crippen LogP contribution in [-0.2, 0) is 10.0 Å². The summed E-state index contributed by atoms with van der Waals surface area (Å²) in [5.74, 6) is -0.0304. The molecule has 1 aliphatic heterocycles. The number of pyridine rings is 1. The molecule has 2 heterocycles. The molecule has 3 N–H and O–H groups in total. The van der Waals surface area contributed by atoms with Crippen molar-refractivity contribution < 1.29 is 8.42 Å². The number of halogens is 2. The van der Waals surface area contributed by atoms with Gasteiger partial charge in [0.05, 0.1) is 5.02 Å². The first-order chi connectivity index (χ1) is 8.43. The van der Waals surface area contributed by atoms with E-state index in [0.29, 0.717) is 6.54 Å². The summed E-state index contributed by atoms with van der Waals surface area (Å²) in [5, 5.41) is 3.37. The van der Waals surface area contributed by atoms with E-state index in [1.54, 1.807) is 7.05 Å². The molecule has 1 aromatic rings. The third-order valence-corrected chi connectivity index (χ3v) is 5.20. The van der Waals surface area contributed by atoms with E-state index in [1.165, 1.54) is 16.6 Å². The van der Waals surface area contributed by atoms with Gasteiger partial charge in [-0.3, -0.25) is 0 Å². The molecule has 108 valence electrons. The maximum atomic E-state index is 12.4. The minimum Gasteiger partial charge on any atom is -0.383 e. The van der Waals surface area contributed by atoms with E-state index in [4.69, 9.17) is 17.3 Å². The molecule has 19 heavy (non-hydrogen) atoms. The monoisotopic (exact) mass is 326 g/mol. The van der Waals surface area contributed by atoms with Crippen molar-refractivity contribution in [2.24, 2.45) is 0 Å². The van der Waals surface area contributed by atoms with Gasteiger partial charge in [0.1, 0.15) is 10.7 Å². The van der Waals surface area contributed by atoms with Gasteiger partial charge in [-0.1, -0.05) is 11.6 Å². The molecule has 6 nitrogen and oxygen atoms in total. The Morgan fingerprint density at radius 3 is 2.84 bits per heavy atom. The number of nitrogen functional groups attached to an aromatic ring is 1. The number of hydrogen-bond donors (Lipinski definition) is 2. The van der Waals surface area contributed by atoms with Crippen LogP contribution in [0, 0.1) is 0 Å². The van der Waals surface area contributed by atoms with E-state index in [9.17, 15) is 8.42 Å². The molecule has 1 fully saturated rings. The zero-order valence-electron chi connectivity index (χ0n) is 10.3. The van der Waals surface area contributed by atoms with Crippen LogP contribution in [0.1, 0.15) is 6.42 Å². The Morgan fingerprint density at radius 2 is 2.26 bits per heavy atom. The number of nitrogens with one attached hydrogen (secondary N) is 1. The van der Waals surface area contributed by atoms with Crippen LogP contribution in [0.15, 0.2) is 17.2 Å². The maximum Gasteiger partial charge on any atom is 0.246 e. The molecule has 1 atom stereocenters. The second-order valence-electron chi connectivity index (χ2n) is 4.20. The smallest absolute Gasteiger partial charge is 0.246 e. The van der Waals surface area contributed by atoms with Crippen molar-refractivity contribution in [1.82, 2.24) is 14.6 Å². The number of likely N-dealkylation sites (N-methyl/N-ethyl adjacent to an activating group) is 1. The third kappa shape index (κ3) is 3.29. The van der Waals surface area contributed by atoms with Crippen LogP contribution in [0.4, 0.5) is 5.82 Å². The van der Waals surface area contributed by atoms with Crippen molar-refractivity contribution in [1.29, 1.82) is 0 Å². The van der Waals surface area contributed by atoms with E-state index in [2.05, 4.69) is 10.3 Å². The SMILES string of the molecule is CN(C1CCNC1)S(=O)(=O)c1cc(Cl)cnc1N.Cl. The van der Waals surface area contributed by atoms with Crippen molar-refractivity contribution in [3.8, 4) is 0 Å². The molecule has 1 aliphatic rings. The standard InChI is InChI=1S/C10H15ClN4O2S.ClH/c1-15(8-2-3-13-6-8)18(16,17)9-4-7(11)5-14-10(9)12;/h4-5,8,13H,2-3,6H2,1H3,(H2,12,14);1H. The second kappa shape index (κ2) is 6.23. The fourth-order valence-corrected chi connectivity index (χ4v) is 3.64. The fourth-order valence-electron chi connectivity index (χ4n) is 1.94. The number of rotatable bonds is 3. The van der Waals surface area contributed by atoms with Gasteiger partial charge >= 0.3 is 0 Å². The Morgan fingerprint density at radius 1 is 1.58 bits per heavy atom. The van der Waals surface area contributed by atoms with Crippen molar-refractivity contribution in [2.45, 2.75) is 17.4 Å². The molecule has 1 aromatic heterocycles. The lowest BCUT2D eigenvalue weighted by Crippen LogP contribution is -2.38. The molecule has 0 spiro atoms. The quantitative estimate of drug-likeness (QED) is 0.854. The Hall–Kier alpha value is -0.600. The molecule has 0 saturated carbocycles. The highest BCUT2D eigenvalue weighted by Gasteiger charge is 2.31. The maximum absolute atomic E-state index is 12.4. The molecule has 0 aromatic carbocycles. The van der Waals surface area contributed by atoms with Gasteiger partial charge in [0, 0.05) is 25.8 Å². The molecule has 0 radical (unpaired) electrons. The largest absolute Gasteiger partial charge is 0.383 e. The molecule has 0 amide bonds. The van der Waals surface area contributed by atoms with E-state index in [1.807, 2.05) is 0 Å². The summed E-state index contributed by atoms with van der Waals surface area (Å²) in [6, 6.07) is 1.27. The fraction of sp³-hybridized carbons (Fsp3) is 0.500. The molecule has 9 heteroatoms. The zero-order chi connectivity index (χ0) is 13.3. The summed E-state index contributed by atoms with van der Waals surface area (Å²) in [6.07, 6.45) is 2.11. The number of nitrogens with zero attached hydrogens (tertiary/aromatic N) is 2. The van der Waals surface area contributed by atoms with Gasteiger partial charge < -0.3 is 11.1 Å². The summed E-state index contributed by atoms with van der Waals surface area (Å²) < 4.78 is 26.2. The van der Waals surface area contributed by atoms with Gasteiger partial charge in [-0.15, -0.1) is 12.4 Å². The highest BCUT2D eigenvalue weighted by molar-refractivity contribution is 7.89. The van der Waals surface area contributed by atoms with Gasteiger partial charge in [0.25, 0.3) is 0 Å². The number of nitrogens with two attached hydrogens (primary N) is 1. The lowest BCUT2D eigenvalue weighted by atomic mass is 10.3. The van der Waals surface area contributed by atoms with E-state index in [0.717, 1.165) is 13.0 Å². The van der Waals surface area contributed by atoms with Gasteiger partial charge in [-0.2, -0.15) is 4.31 Å². The lowest BCUT2D eigenvalue weighted by molar-refractivity contribution is 0.388. The topological polar surface area (TPSA) is 88.3 Å². The summed E-state index contributed by atoms with van der Waals surface area (Å²) >= 11 is 5.77. The second-order valence-corrected chi connectivity index (χ2v) is 6.61. The normalized spacial score (nSPS) is 19.4. The first-order valence-corrected chi connectivity index (χ1v) is 7.34. The summed E-state index contributed by atoms with van der Waals surface area (Å²) in [6.45, 7) is 1.46. The Labute approximate surface area is 123 Å².